The van der Waals surface area contributed by atoms with Gasteiger partial charge in [-0.1, -0.05) is 11.6 Å². The topological polar surface area (TPSA) is 29.9 Å². The Morgan fingerprint density at radius 3 is 2.85 bits per heavy atom. The molecule has 1 aliphatic rings. The summed E-state index contributed by atoms with van der Waals surface area (Å²) in [4.78, 5) is 3.76. The molecule has 3 nitrogen and oxygen atoms in total. The minimum absolute atomic E-state index is 0.489. The van der Waals surface area contributed by atoms with Crippen LogP contribution in [0, 0.1) is 0 Å². The van der Waals surface area contributed by atoms with Crippen LogP contribution < -0.4 is 5.32 Å². The number of aromatic nitrogens is 2. The molecule has 26 heavy (non-hydrogen) atoms. The van der Waals surface area contributed by atoms with E-state index in [0.717, 1.165) is 36.6 Å². The van der Waals surface area contributed by atoms with Crippen LogP contribution in [-0.2, 0) is 32.1 Å². The molecule has 3 heterocycles. The average Bonchev–Trinajstić information content (AvgIpc) is 2.93. The van der Waals surface area contributed by atoms with Crippen molar-refractivity contribution in [2.45, 2.75) is 32.1 Å². The van der Waals surface area contributed by atoms with Crippen molar-refractivity contribution in [2.24, 2.45) is 0 Å². The molecule has 0 saturated carbocycles. The fraction of sp³-hybridized carbons (Fsp3) is 0.316. The van der Waals surface area contributed by atoms with E-state index in [-0.39, 0.29) is 0 Å². The number of pyridine rings is 1. The summed E-state index contributed by atoms with van der Waals surface area (Å²) in [6.07, 6.45) is -0.619. The van der Waals surface area contributed by atoms with Crippen molar-refractivity contribution < 1.29 is 13.2 Å². The normalized spacial score (nSPS) is 14.6. The minimum Gasteiger partial charge on any atom is -0.344 e. The van der Waals surface area contributed by atoms with Gasteiger partial charge in [0.25, 0.3) is 0 Å². The third-order valence-corrected chi connectivity index (χ3v) is 5.07. The highest BCUT2D eigenvalue weighted by atomic mass is 35.5. The van der Waals surface area contributed by atoms with Gasteiger partial charge < -0.3 is 9.88 Å². The van der Waals surface area contributed by atoms with E-state index >= 15 is 0 Å². The van der Waals surface area contributed by atoms with Crippen LogP contribution in [0.2, 0.25) is 5.02 Å². The highest BCUT2D eigenvalue weighted by molar-refractivity contribution is 6.31. The third kappa shape index (κ3) is 3.19. The SMILES string of the molecule is FC(F)(F)c1cncc(CCn2c3c(c4cc(Cl)ccc42)CNCC3)c1. The standard InChI is InChI=1S/C19H17ClF3N3/c20-14-1-2-17-15(8-14)16-11-24-5-3-18(16)26(17)6-4-12-7-13(10-25-9-12)19(21,22)23/h1-2,7-10,24H,3-6,11H2. The van der Waals surface area contributed by atoms with Crippen LogP contribution in [0.1, 0.15) is 22.4 Å². The maximum atomic E-state index is 12.9. The van der Waals surface area contributed by atoms with E-state index < -0.39 is 11.7 Å². The summed E-state index contributed by atoms with van der Waals surface area (Å²) in [6, 6.07) is 6.99. The number of hydrogen-bond donors (Lipinski definition) is 1. The van der Waals surface area contributed by atoms with Crippen LogP contribution in [0.5, 0.6) is 0 Å². The smallest absolute Gasteiger partial charge is 0.344 e. The van der Waals surface area contributed by atoms with Crippen molar-refractivity contribution >= 4 is 22.5 Å². The van der Waals surface area contributed by atoms with Crippen LogP contribution in [0.15, 0.2) is 36.7 Å². The Labute approximate surface area is 153 Å². The highest BCUT2D eigenvalue weighted by Crippen LogP contribution is 2.32. The van der Waals surface area contributed by atoms with Gasteiger partial charge in [0, 0.05) is 60.1 Å². The fourth-order valence-corrected chi connectivity index (χ4v) is 3.80. The summed E-state index contributed by atoms with van der Waals surface area (Å²) in [7, 11) is 0. The molecule has 0 spiro atoms. The molecular weight excluding hydrogens is 363 g/mol. The number of halogens is 4. The lowest BCUT2D eigenvalue weighted by atomic mass is 10.1. The van der Waals surface area contributed by atoms with Crippen LogP contribution >= 0.6 is 11.6 Å². The number of rotatable bonds is 3. The Morgan fingerprint density at radius 2 is 2.04 bits per heavy atom. The van der Waals surface area contributed by atoms with Crippen molar-refractivity contribution in [1.29, 1.82) is 0 Å². The van der Waals surface area contributed by atoms with E-state index in [1.165, 1.54) is 23.5 Å². The maximum absolute atomic E-state index is 12.9. The molecule has 0 fully saturated rings. The van der Waals surface area contributed by atoms with E-state index in [0.29, 0.717) is 23.6 Å². The zero-order valence-electron chi connectivity index (χ0n) is 13.9. The Balaban J connectivity index is 1.68. The second kappa shape index (κ2) is 6.59. The first-order valence-electron chi connectivity index (χ1n) is 8.45. The minimum atomic E-state index is -4.37. The highest BCUT2D eigenvalue weighted by Gasteiger charge is 2.31. The molecular formula is C19H17ClF3N3. The predicted molar refractivity (Wildman–Crippen MR) is 95.3 cm³/mol. The molecule has 3 aromatic rings. The first-order chi connectivity index (χ1) is 12.4. The number of alkyl halides is 3. The van der Waals surface area contributed by atoms with Crippen molar-refractivity contribution in [3.8, 4) is 0 Å². The largest absolute Gasteiger partial charge is 0.417 e. The molecule has 1 aromatic carbocycles. The number of hydrogen-bond acceptors (Lipinski definition) is 2. The lowest BCUT2D eigenvalue weighted by Crippen LogP contribution is -2.24. The molecule has 0 saturated heterocycles. The average molecular weight is 380 g/mol. The predicted octanol–water partition coefficient (Wildman–Crippen LogP) is 4.60. The summed E-state index contributed by atoms with van der Waals surface area (Å²) in [5.74, 6) is 0. The molecule has 1 aliphatic heterocycles. The van der Waals surface area contributed by atoms with Gasteiger partial charge in [0.1, 0.15) is 0 Å². The van der Waals surface area contributed by atoms with E-state index in [1.807, 2.05) is 18.2 Å². The summed E-state index contributed by atoms with van der Waals surface area (Å²) < 4.78 is 40.9. The van der Waals surface area contributed by atoms with Crippen molar-refractivity contribution in [2.75, 3.05) is 6.54 Å². The van der Waals surface area contributed by atoms with E-state index in [9.17, 15) is 13.2 Å². The Bertz CT molecular complexity index is 963. The molecule has 0 amide bonds. The molecule has 0 unspecified atom stereocenters. The monoisotopic (exact) mass is 379 g/mol. The number of nitrogens with zero attached hydrogens (tertiary/aromatic N) is 2. The van der Waals surface area contributed by atoms with E-state index in [4.69, 9.17) is 11.6 Å². The van der Waals surface area contributed by atoms with Gasteiger partial charge in [0.05, 0.1) is 5.56 Å². The Hall–Kier alpha value is -2.05. The number of nitrogens with one attached hydrogen (secondary N) is 1. The summed E-state index contributed by atoms with van der Waals surface area (Å²) in [6.45, 7) is 2.28. The molecule has 2 aromatic heterocycles. The molecule has 0 aliphatic carbocycles. The van der Waals surface area contributed by atoms with Gasteiger partial charge in [-0.2, -0.15) is 13.2 Å². The molecule has 4 rings (SSSR count). The van der Waals surface area contributed by atoms with Crippen molar-refractivity contribution in [3.05, 3.63) is 64.1 Å². The summed E-state index contributed by atoms with van der Waals surface area (Å²) >= 11 is 6.16. The lowest BCUT2D eigenvalue weighted by molar-refractivity contribution is -0.137. The van der Waals surface area contributed by atoms with Gasteiger partial charge in [0.15, 0.2) is 0 Å². The van der Waals surface area contributed by atoms with Gasteiger partial charge in [-0.05, 0) is 41.8 Å². The van der Waals surface area contributed by atoms with Crippen LogP contribution in [0.3, 0.4) is 0 Å². The first kappa shape index (κ1) is 17.4. The lowest BCUT2D eigenvalue weighted by Gasteiger charge is -2.17. The quantitative estimate of drug-likeness (QED) is 0.721. The Morgan fingerprint density at radius 1 is 1.19 bits per heavy atom. The summed E-state index contributed by atoms with van der Waals surface area (Å²) in [5, 5.41) is 5.17. The number of aryl methyl sites for hydroxylation is 2. The fourth-order valence-electron chi connectivity index (χ4n) is 3.63. The van der Waals surface area contributed by atoms with Crippen LogP contribution in [0.25, 0.3) is 10.9 Å². The van der Waals surface area contributed by atoms with E-state index in [2.05, 4.69) is 14.9 Å². The molecule has 0 radical (unpaired) electrons. The molecule has 7 heteroatoms. The van der Waals surface area contributed by atoms with Crippen molar-refractivity contribution in [1.82, 2.24) is 14.9 Å². The Kier molecular flexibility index (Phi) is 4.40. The number of fused-ring (bicyclic) bond motifs is 3. The zero-order valence-corrected chi connectivity index (χ0v) is 14.7. The second-order valence-electron chi connectivity index (χ2n) is 6.49. The molecule has 136 valence electrons. The zero-order chi connectivity index (χ0) is 18.3. The number of benzene rings is 1. The van der Waals surface area contributed by atoms with Gasteiger partial charge in [-0.15, -0.1) is 0 Å². The third-order valence-electron chi connectivity index (χ3n) is 4.84. The molecule has 1 N–H and O–H groups in total. The van der Waals surface area contributed by atoms with E-state index in [1.54, 1.807) is 0 Å². The second-order valence-corrected chi connectivity index (χ2v) is 6.93. The van der Waals surface area contributed by atoms with Crippen molar-refractivity contribution in [3.63, 3.8) is 0 Å². The van der Waals surface area contributed by atoms with Crippen LogP contribution in [-0.4, -0.2) is 16.1 Å². The van der Waals surface area contributed by atoms with Gasteiger partial charge in [0.2, 0.25) is 0 Å². The van der Waals surface area contributed by atoms with Gasteiger partial charge in [-0.25, -0.2) is 0 Å². The molecule has 0 bridgehead atoms. The molecule has 0 atom stereocenters. The van der Waals surface area contributed by atoms with Gasteiger partial charge in [-0.3, -0.25) is 4.98 Å². The summed E-state index contributed by atoms with van der Waals surface area (Å²) in [5.41, 5.74) is 3.42. The van der Waals surface area contributed by atoms with Gasteiger partial charge >= 0.3 is 6.18 Å². The first-order valence-corrected chi connectivity index (χ1v) is 8.82. The van der Waals surface area contributed by atoms with Crippen LogP contribution in [0.4, 0.5) is 13.2 Å². The maximum Gasteiger partial charge on any atom is 0.417 e.